The zero-order valence-corrected chi connectivity index (χ0v) is 10.4. The summed E-state index contributed by atoms with van der Waals surface area (Å²) in [7, 11) is 0. The maximum atomic E-state index is 11.9. The van der Waals surface area contributed by atoms with Gasteiger partial charge in [0, 0.05) is 5.69 Å². The average molecular weight is 248 g/mol. The van der Waals surface area contributed by atoms with Gasteiger partial charge in [-0.3, -0.25) is 14.9 Å². The number of carbonyl (C=O) groups is 2. The van der Waals surface area contributed by atoms with Gasteiger partial charge in [-0.05, 0) is 31.0 Å². The monoisotopic (exact) mass is 248 g/mol. The lowest BCUT2D eigenvalue weighted by molar-refractivity contribution is -0.139. The van der Waals surface area contributed by atoms with Gasteiger partial charge in [0.05, 0.1) is 13.1 Å². The summed E-state index contributed by atoms with van der Waals surface area (Å²) in [4.78, 5) is 24.4. The zero-order chi connectivity index (χ0) is 13.3. The fourth-order valence-electron chi connectivity index (χ4n) is 2.08. The number of rotatable bonds is 2. The predicted molar refractivity (Wildman–Crippen MR) is 67.7 cm³/mol. The van der Waals surface area contributed by atoms with E-state index in [1.54, 1.807) is 4.90 Å². The van der Waals surface area contributed by atoms with Crippen LogP contribution in [-0.2, 0) is 9.59 Å². The molecular weight excluding hydrogens is 232 g/mol. The van der Waals surface area contributed by atoms with Crippen molar-refractivity contribution in [3.63, 3.8) is 0 Å². The van der Waals surface area contributed by atoms with Crippen LogP contribution >= 0.6 is 0 Å². The number of nitrogens with zero attached hydrogens (tertiary/aromatic N) is 1. The standard InChI is InChI=1S/C13H16N2O3/c1-8-4-3-5-11(9(8)2)15-7-10(13(17)18)14-6-12(15)16/h3-5,10,14H,6-7H2,1-2H3,(H,17,18). The number of nitrogens with one attached hydrogen (secondary N) is 1. The van der Waals surface area contributed by atoms with E-state index in [9.17, 15) is 9.59 Å². The summed E-state index contributed by atoms with van der Waals surface area (Å²) in [6.45, 7) is 4.14. The maximum absolute atomic E-state index is 11.9. The Balaban J connectivity index is 2.33. The molecule has 5 heteroatoms. The van der Waals surface area contributed by atoms with Crippen molar-refractivity contribution >= 4 is 17.6 Å². The van der Waals surface area contributed by atoms with Crippen LogP contribution in [0.25, 0.3) is 0 Å². The van der Waals surface area contributed by atoms with Gasteiger partial charge in [0.25, 0.3) is 0 Å². The summed E-state index contributed by atoms with van der Waals surface area (Å²) in [6, 6.07) is 5.00. The molecule has 1 fully saturated rings. The molecule has 1 aliphatic heterocycles. The van der Waals surface area contributed by atoms with Gasteiger partial charge in [-0.15, -0.1) is 0 Å². The lowest BCUT2D eigenvalue weighted by Gasteiger charge is -2.32. The first-order chi connectivity index (χ1) is 8.50. The highest BCUT2D eigenvalue weighted by atomic mass is 16.4. The Labute approximate surface area is 105 Å². The summed E-state index contributed by atoms with van der Waals surface area (Å²) in [5.41, 5.74) is 2.90. The molecule has 2 N–H and O–H groups in total. The minimum atomic E-state index is -0.933. The summed E-state index contributed by atoms with van der Waals surface area (Å²) in [6.07, 6.45) is 0. The molecule has 0 radical (unpaired) electrons. The molecule has 1 aromatic carbocycles. The minimum Gasteiger partial charge on any atom is -0.480 e. The van der Waals surface area contributed by atoms with Gasteiger partial charge < -0.3 is 10.0 Å². The third-order valence-electron chi connectivity index (χ3n) is 3.33. The highest BCUT2D eigenvalue weighted by Crippen LogP contribution is 2.24. The van der Waals surface area contributed by atoms with Crippen LogP contribution in [0.3, 0.4) is 0 Å². The minimum absolute atomic E-state index is 0.0599. The molecule has 1 saturated heterocycles. The van der Waals surface area contributed by atoms with Crippen molar-refractivity contribution < 1.29 is 14.7 Å². The number of piperazine rings is 1. The smallest absolute Gasteiger partial charge is 0.322 e. The SMILES string of the molecule is Cc1cccc(N2CC(C(=O)O)NCC2=O)c1C. The molecule has 0 spiro atoms. The van der Waals surface area contributed by atoms with E-state index in [0.29, 0.717) is 0 Å². The quantitative estimate of drug-likeness (QED) is 0.808. The zero-order valence-electron chi connectivity index (χ0n) is 10.4. The van der Waals surface area contributed by atoms with Gasteiger partial charge in [0.1, 0.15) is 6.04 Å². The molecular formula is C13H16N2O3. The Morgan fingerprint density at radius 1 is 1.44 bits per heavy atom. The first kappa shape index (κ1) is 12.6. The number of carbonyl (C=O) groups excluding carboxylic acids is 1. The number of benzene rings is 1. The molecule has 96 valence electrons. The van der Waals surface area contributed by atoms with Gasteiger partial charge in [-0.1, -0.05) is 12.1 Å². The summed E-state index contributed by atoms with van der Waals surface area (Å²) >= 11 is 0. The van der Waals surface area contributed by atoms with Crippen molar-refractivity contribution in [2.75, 3.05) is 18.0 Å². The summed E-state index contributed by atoms with van der Waals surface area (Å²) in [5, 5.41) is 11.7. The van der Waals surface area contributed by atoms with Crippen LogP contribution < -0.4 is 10.2 Å². The summed E-state index contributed by atoms with van der Waals surface area (Å²) < 4.78 is 0. The van der Waals surface area contributed by atoms with Crippen molar-refractivity contribution in [3.8, 4) is 0 Å². The highest BCUT2D eigenvalue weighted by molar-refractivity contribution is 5.98. The number of carboxylic acids is 1. The van der Waals surface area contributed by atoms with E-state index >= 15 is 0 Å². The van der Waals surface area contributed by atoms with Crippen molar-refractivity contribution in [2.45, 2.75) is 19.9 Å². The Bertz CT molecular complexity index is 499. The Hall–Kier alpha value is -1.88. The van der Waals surface area contributed by atoms with Gasteiger partial charge in [-0.2, -0.15) is 0 Å². The van der Waals surface area contributed by atoms with E-state index in [-0.39, 0.29) is 19.0 Å². The van der Waals surface area contributed by atoms with E-state index in [1.165, 1.54) is 0 Å². The van der Waals surface area contributed by atoms with Crippen molar-refractivity contribution in [2.24, 2.45) is 0 Å². The number of aliphatic carboxylic acids is 1. The second-order valence-electron chi connectivity index (χ2n) is 4.50. The lowest BCUT2D eigenvalue weighted by atomic mass is 10.1. The third kappa shape index (κ3) is 2.22. The van der Waals surface area contributed by atoms with Crippen LogP contribution in [0.5, 0.6) is 0 Å². The topological polar surface area (TPSA) is 69.6 Å². The molecule has 1 unspecified atom stereocenters. The number of aryl methyl sites for hydroxylation is 1. The molecule has 0 aromatic heterocycles. The van der Waals surface area contributed by atoms with Crippen LogP contribution in [0.15, 0.2) is 18.2 Å². The first-order valence-corrected chi connectivity index (χ1v) is 5.83. The number of amides is 1. The average Bonchev–Trinajstić information content (AvgIpc) is 2.33. The largest absolute Gasteiger partial charge is 0.480 e. The van der Waals surface area contributed by atoms with Crippen LogP contribution in [0.1, 0.15) is 11.1 Å². The van der Waals surface area contributed by atoms with Crippen LogP contribution in [0, 0.1) is 13.8 Å². The lowest BCUT2D eigenvalue weighted by Crippen LogP contribution is -2.57. The molecule has 0 aliphatic carbocycles. The van der Waals surface area contributed by atoms with E-state index in [2.05, 4.69) is 5.32 Å². The number of carboxylic acid groups (broad SMARTS) is 1. The molecule has 2 rings (SSSR count). The molecule has 1 amide bonds. The Morgan fingerprint density at radius 3 is 2.83 bits per heavy atom. The fourth-order valence-corrected chi connectivity index (χ4v) is 2.08. The van der Waals surface area contributed by atoms with Crippen molar-refractivity contribution in [1.29, 1.82) is 0 Å². The number of hydrogen-bond donors (Lipinski definition) is 2. The van der Waals surface area contributed by atoms with Crippen LogP contribution in [0.4, 0.5) is 5.69 Å². The van der Waals surface area contributed by atoms with Crippen LogP contribution in [-0.4, -0.2) is 36.1 Å². The first-order valence-electron chi connectivity index (χ1n) is 5.83. The molecule has 18 heavy (non-hydrogen) atoms. The molecule has 1 atom stereocenters. The second kappa shape index (κ2) is 4.78. The molecule has 1 aliphatic rings. The van der Waals surface area contributed by atoms with E-state index in [4.69, 9.17) is 5.11 Å². The second-order valence-corrected chi connectivity index (χ2v) is 4.50. The Kier molecular flexibility index (Phi) is 3.34. The molecule has 5 nitrogen and oxygen atoms in total. The van der Waals surface area contributed by atoms with Crippen molar-refractivity contribution in [3.05, 3.63) is 29.3 Å². The molecule has 1 aromatic rings. The predicted octanol–water partition coefficient (Wildman–Crippen LogP) is 0.693. The van der Waals surface area contributed by atoms with Gasteiger partial charge in [-0.25, -0.2) is 0 Å². The normalized spacial score (nSPS) is 20.0. The van der Waals surface area contributed by atoms with Crippen LogP contribution in [0.2, 0.25) is 0 Å². The fraction of sp³-hybridized carbons (Fsp3) is 0.385. The highest BCUT2D eigenvalue weighted by Gasteiger charge is 2.31. The summed E-state index contributed by atoms with van der Waals surface area (Å²) in [5.74, 6) is -1.03. The Morgan fingerprint density at radius 2 is 2.17 bits per heavy atom. The third-order valence-corrected chi connectivity index (χ3v) is 3.33. The van der Waals surface area contributed by atoms with Gasteiger partial charge >= 0.3 is 5.97 Å². The number of hydrogen-bond acceptors (Lipinski definition) is 3. The number of anilines is 1. The molecule has 0 saturated carbocycles. The molecule has 0 bridgehead atoms. The molecule has 1 heterocycles. The van der Waals surface area contributed by atoms with Gasteiger partial charge in [0.2, 0.25) is 5.91 Å². The van der Waals surface area contributed by atoms with Gasteiger partial charge in [0.15, 0.2) is 0 Å². The maximum Gasteiger partial charge on any atom is 0.322 e. The van der Waals surface area contributed by atoms with E-state index < -0.39 is 12.0 Å². The van der Waals surface area contributed by atoms with Crippen molar-refractivity contribution in [1.82, 2.24) is 5.32 Å². The van der Waals surface area contributed by atoms with E-state index in [0.717, 1.165) is 16.8 Å². The van der Waals surface area contributed by atoms with E-state index in [1.807, 2.05) is 32.0 Å².